The summed E-state index contributed by atoms with van der Waals surface area (Å²) in [5.41, 5.74) is 5.20. The summed E-state index contributed by atoms with van der Waals surface area (Å²) < 4.78 is 0. The van der Waals surface area contributed by atoms with Crippen LogP contribution < -0.4 is 10.2 Å². The molecular formula is C23H32N4. The molecule has 4 heteroatoms. The average Bonchev–Trinajstić information content (AvgIpc) is 2.64. The van der Waals surface area contributed by atoms with Crippen LogP contribution in [-0.2, 0) is 0 Å². The predicted molar refractivity (Wildman–Crippen MR) is 114 cm³/mol. The van der Waals surface area contributed by atoms with E-state index in [1.165, 1.54) is 35.5 Å². The zero-order chi connectivity index (χ0) is 18.8. The molecule has 0 bridgehead atoms. The van der Waals surface area contributed by atoms with Crippen molar-refractivity contribution in [2.45, 2.75) is 51.6 Å². The maximum absolute atomic E-state index is 4.51. The number of nitrogens with zero attached hydrogens (tertiary/aromatic N) is 3. The van der Waals surface area contributed by atoms with Crippen molar-refractivity contribution in [3.8, 4) is 0 Å². The van der Waals surface area contributed by atoms with Crippen molar-refractivity contribution in [1.82, 2.24) is 9.88 Å². The molecule has 0 radical (unpaired) electrons. The molecule has 0 unspecified atom stereocenters. The molecule has 2 fully saturated rings. The summed E-state index contributed by atoms with van der Waals surface area (Å²) in [7, 11) is 0. The fourth-order valence-corrected chi connectivity index (χ4v) is 4.36. The molecule has 1 aliphatic carbocycles. The molecule has 1 aromatic heterocycles. The van der Waals surface area contributed by atoms with Crippen LogP contribution in [0, 0.1) is 6.92 Å². The SMILES string of the molecule is Cc1cc(NC2CC(c3ccccn3)C2)cc(N2CCN(C(C)C)CC2)c1. The van der Waals surface area contributed by atoms with E-state index in [-0.39, 0.29) is 0 Å². The second kappa shape index (κ2) is 7.89. The van der Waals surface area contributed by atoms with Crippen LogP contribution in [-0.4, -0.2) is 48.1 Å². The monoisotopic (exact) mass is 364 g/mol. The number of piperazine rings is 1. The first-order valence-electron chi connectivity index (χ1n) is 10.4. The average molecular weight is 365 g/mol. The Morgan fingerprint density at radius 1 is 1.04 bits per heavy atom. The van der Waals surface area contributed by atoms with Gasteiger partial charge in [-0.25, -0.2) is 0 Å². The smallest absolute Gasteiger partial charge is 0.0436 e. The van der Waals surface area contributed by atoms with Gasteiger partial charge in [-0.2, -0.15) is 0 Å². The lowest BCUT2D eigenvalue weighted by atomic mass is 9.78. The Kier molecular flexibility index (Phi) is 5.35. The molecule has 1 saturated carbocycles. The molecule has 1 aromatic carbocycles. The van der Waals surface area contributed by atoms with Crippen molar-refractivity contribution >= 4 is 11.4 Å². The molecule has 0 amide bonds. The van der Waals surface area contributed by atoms with E-state index >= 15 is 0 Å². The summed E-state index contributed by atoms with van der Waals surface area (Å²) in [6, 6.07) is 14.4. The van der Waals surface area contributed by atoms with E-state index in [1.54, 1.807) is 0 Å². The van der Waals surface area contributed by atoms with Crippen LogP contribution in [0.1, 0.15) is 43.9 Å². The molecule has 0 atom stereocenters. The fraction of sp³-hybridized carbons (Fsp3) is 0.522. The first-order valence-corrected chi connectivity index (χ1v) is 10.4. The van der Waals surface area contributed by atoms with E-state index in [0.717, 1.165) is 26.2 Å². The van der Waals surface area contributed by atoms with Crippen molar-refractivity contribution in [3.05, 3.63) is 53.9 Å². The molecule has 1 N–H and O–H groups in total. The molecule has 0 spiro atoms. The predicted octanol–water partition coefficient (Wildman–Crippen LogP) is 4.28. The first-order chi connectivity index (χ1) is 13.1. The Morgan fingerprint density at radius 2 is 1.81 bits per heavy atom. The van der Waals surface area contributed by atoms with E-state index in [9.17, 15) is 0 Å². The van der Waals surface area contributed by atoms with Crippen LogP contribution in [0.25, 0.3) is 0 Å². The molecular weight excluding hydrogens is 332 g/mol. The summed E-state index contributed by atoms with van der Waals surface area (Å²) in [4.78, 5) is 9.61. The summed E-state index contributed by atoms with van der Waals surface area (Å²) >= 11 is 0. The van der Waals surface area contributed by atoms with Crippen molar-refractivity contribution in [2.24, 2.45) is 0 Å². The summed E-state index contributed by atoms with van der Waals surface area (Å²) in [5, 5.41) is 3.76. The largest absolute Gasteiger partial charge is 0.382 e. The van der Waals surface area contributed by atoms with Gasteiger partial charge >= 0.3 is 0 Å². The maximum atomic E-state index is 4.51. The number of pyridine rings is 1. The lowest BCUT2D eigenvalue weighted by molar-refractivity contribution is 0.209. The Labute approximate surface area is 163 Å². The van der Waals surface area contributed by atoms with Gasteiger partial charge in [0, 0.05) is 67.4 Å². The van der Waals surface area contributed by atoms with E-state index in [2.05, 4.69) is 71.2 Å². The first kappa shape index (κ1) is 18.3. The number of anilines is 2. The molecule has 1 aliphatic heterocycles. The molecule has 2 aromatic rings. The molecule has 144 valence electrons. The second-order valence-electron chi connectivity index (χ2n) is 8.44. The number of hydrogen-bond donors (Lipinski definition) is 1. The molecule has 27 heavy (non-hydrogen) atoms. The van der Waals surface area contributed by atoms with Gasteiger partial charge in [0.15, 0.2) is 0 Å². The standard InChI is InChI=1S/C23H32N4/c1-17(2)26-8-10-27(11-9-26)22-13-18(3)12-20(16-22)25-21-14-19(15-21)23-6-4-5-7-24-23/h4-7,12-13,16-17,19,21,25H,8-11,14-15H2,1-3H3. The number of nitrogens with one attached hydrogen (secondary N) is 1. The number of aromatic nitrogens is 1. The summed E-state index contributed by atoms with van der Waals surface area (Å²) in [6.45, 7) is 11.3. The van der Waals surface area contributed by atoms with E-state index in [1.807, 2.05) is 12.3 Å². The fourth-order valence-electron chi connectivity index (χ4n) is 4.36. The van der Waals surface area contributed by atoms with Crippen molar-refractivity contribution in [2.75, 3.05) is 36.4 Å². The van der Waals surface area contributed by atoms with Gasteiger partial charge in [0.05, 0.1) is 0 Å². The highest BCUT2D eigenvalue weighted by atomic mass is 15.3. The Bertz CT molecular complexity index is 744. The van der Waals surface area contributed by atoms with Gasteiger partial charge in [-0.05, 0) is 69.5 Å². The third-order valence-electron chi connectivity index (χ3n) is 6.09. The highest BCUT2D eigenvalue weighted by Gasteiger charge is 2.31. The topological polar surface area (TPSA) is 31.4 Å². The minimum atomic E-state index is 0.560. The highest BCUT2D eigenvalue weighted by Crippen LogP contribution is 2.38. The number of benzene rings is 1. The number of hydrogen-bond acceptors (Lipinski definition) is 4. The molecule has 4 nitrogen and oxygen atoms in total. The van der Waals surface area contributed by atoms with E-state index in [4.69, 9.17) is 0 Å². The summed E-state index contributed by atoms with van der Waals surface area (Å²) in [5.74, 6) is 0.608. The zero-order valence-corrected chi connectivity index (χ0v) is 16.9. The Morgan fingerprint density at radius 3 is 2.48 bits per heavy atom. The van der Waals surface area contributed by atoms with E-state index < -0.39 is 0 Å². The minimum absolute atomic E-state index is 0.560. The third kappa shape index (κ3) is 4.27. The van der Waals surface area contributed by atoms with Crippen molar-refractivity contribution < 1.29 is 0 Å². The van der Waals surface area contributed by atoms with Gasteiger partial charge in [0.2, 0.25) is 0 Å². The van der Waals surface area contributed by atoms with Crippen LogP contribution in [0.15, 0.2) is 42.6 Å². The zero-order valence-electron chi connectivity index (χ0n) is 16.9. The van der Waals surface area contributed by atoms with Crippen LogP contribution in [0.3, 0.4) is 0 Å². The van der Waals surface area contributed by atoms with Crippen molar-refractivity contribution in [3.63, 3.8) is 0 Å². The van der Waals surface area contributed by atoms with Crippen molar-refractivity contribution in [1.29, 1.82) is 0 Å². The van der Waals surface area contributed by atoms with E-state index in [0.29, 0.717) is 18.0 Å². The van der Waals surface area contributed by atoms with Crippen LogP contribution >= 0.6 is 0 Å². The van der Waals surface area contributed by atoms with Crippen LogP contribution in [0.4, 0.5) is 11.4 Å². The third-order valence-corrected chi connectivity index (χ3v) is 6.09. The molecule has 4 rings (SSSR count). The van der Waals surface area contributed by atoms with Gasteiger partial charge in [-0.1, -0.05) is 6.07 Å². The minimum Gasteiger partial charge on any atom is -0.382 e. The Hall–Kier alpha value is -2.07. The van der Waals surface area contributed by atoms with Gasteiger partial charge < -0.3 is 10.2 Å². The Balaban J connectivity index is 1.36. The van der Waals surface area contributed by atoms with Crippen LogP contribution in [0.5, 0.6) is 0 Å². The molecule has 2 aliphatic rings. The molecule has 2 heterocycles. The summed E-state index contributed by atoms with van der Waals surface area (Å²) in [6.07, 6.45) is 4.25. The lowest BCUT2D eigenvalue weighted by Gasteiger charge is -2.39. The van der Waals surface area contributed by atoms with Gasteiger partial charge in [0.25, 0.3) is 0 Å². The number of aryl methyl sites for hydroxylation is 1. The maximum Gasteiger partial charge on any atom is 0.0436 e. The highest BCUT2D eigenvalue weighted by molar-refractivity contribution is 5.61. The normalized spacial score (nSPS) is 23.3. The second-order valence-corrected chi connectivity index (χ2v) is 8.44. The van der Waals surface area contributed by atoms with Gasteiger partial charge in [0.1, 0.15) is 0 Å². The lowest BCUT2D eigenvalue weighted by Crippen LogP contribution is -2.48. The van der Waals surface area contributed by atoms with Gasteiger partial charge in [-0.3, -0.25) is 9.88 Å². The van der Waals surface area contributed by atoms with Crippen LogP contribution in [0.2, 0.25) is 0 Å². The quantitative estimate of drug-likeness (QED) is 0.858. The van der Waals surface area contributed by atoms with Gasteiger partial charge in [-0.15, -0.1) is 0 Å². The number of rotatable bonds is 5. The molecule has 1 saturated heterocycles.